The van der Waals surface area contributed by atoms with Crippen molar-refractivity contribution < 1.29 is 14.3 Å². The molecule has 1 fully saturated rings. The quantitative estimate of drug-likeness (QED) is 0.786. The Bertz CT molecular complexity index is 512. The van der Waals surface area contributed by atoms with Crippen LogP contribution in [0.5, 0.6) is 0 Å². The minimum atomic E-state index is -0.294. The van der Waals surface area contributed by atoms with E-state index in [9.17, 15) is 9.59 Å². The van der Waals surface area contributed by atoms with Crippen LogP contribution in [0, 0.1) is 17.3 Å². The van der Waals surface area contributed by atoms with Gasteiger partial charge < -0.3 is 4.74 Å². The van der Waals surface area contributed by atoms with Crippen molar-refractivity contribution in [2.75, 3.05) is 0 Å². The first-order chi connectivity index (χ1) is 8.82. The van der Waals surface area contributed by atoms with Gasteiger partial charge >= 0.3 is 5.97 Å². The van der Waals surface area contributed by atoms with E-state index < -0.39 is 0 Å². The van der Waals surface area contributed by atoms with E-state index >= 15 is 0 Å². The van der Waals surface area contributed by atoms with Crippen LogP contribution in [0.15, 0.2) is 10.1 Å². The molecule has 0 unspecified atom stereocenters. The van der Waals surface area contributed by atoms with Crippen LogP contribution in [0.1, 0.15) is 32.1 Å². The SMILES string of the molecule is CC(=O)[C@@H]1C[C@H](C(=O)OCc2cnc(Br)s2)C1(C)C. The van der Waals surface area contributed by atoms with Gasteiger partial charge in [0, 0.05) is 12.1 Å². The average Bonchev–Trinajstić information content (AvgIpc) is 2.70. The summed E-state index contributed by atoms with van der Waals surface area (Å²) in [5.41, 5.74) is -0.294. The Balaban J connectivity index is 1.90. The van der Waals surface area contributed by atoms with Crippen LogP contribution in [0.2, 0.25) is 0 Å². The van der Waals surface area contributed by atoms with Gasteiger partial charge in [-0.2, -0.15) is 0 Å². The van der Waals surface area contributed by atoms with Gasteiger partial charge in [0.25, 0.3) is 0 Å². The van der Waals surface area contributed by atoms with Gasteiger partial charge in [0.2, 0.25) is 0 Å². The number of esters is 1. The molecule has 0 aliphatic heterocycles. The fraction of sp³-hybridized carbons (Fsp3) is 0.615. The van der Waals surface area contributed by atoms with Gasteiger partial charge in [0.05, 0.1) is 10.8 Å². The van der Waals surface area contributed by atoms with Crippen LogP contribution < -0.4 is 0 Å². The van der Waals surface area contributed by atoms with Gasteiger partial charge in [-0.1, -0.05) is 13.8 Å². The highest BCUT2D eigenvalue weighted by molar-refractivity contribution is 9.11. The fourth-order valence-electron chi connectivity index (χ4n) is 2.61. The van der Waals surface area contributed by atoms with Crippen LogP contribution >= 0.6 is 27.3 Å². The molecule has 1 heterocycles. The molecule has 2 rings (SSSR count). The van der Waals surface area contributed by atoms with Gasteiger partial charge in [-0.05, 0) is 34.7 Å². The number of ketones is 1. The summed E-state index contributed by atoms with van der Waals surface area (Å²) >= 11 is 4.71. The standard InChI is InChI=1S/C13H16BrNO3S/c1-7(16)9-4-10(13(9,2)3)11(17)18-6-8-5-15-12(14)19-8/h5,9-10H,4,6H2,1-3H3/t9-,10+/m0/s1. The maximum atomic E-state index is 12.0. The highest BCUT2D eigenvalue weighted by Gasteiger charge is 2.54. The molecule has 0 saturated heterocycles. The molecule has 1 aliphatic rings. The number of ether oxygens (including phenoxy) is 1. The van der Waals surface area contributed by atoms with E-state index in [-0.39, 0.29) is 35.6 Å². The fourth-order valence-corrected chi connectivity index (χ4v) is 3.88. The second-order valence-electron chi connectivity index (χ2n) is 5.46. The van der Waals surface area contributed by atoms with Gasteiger partial charge in [0.15, 0.2) is 3.92 Å². The summed E-state index contributed by atoms with van der Waals surface area (Å²) in [6, 6.07) is 0. The van der Waals surface area contributed by atoms with Crippen molar-refractivity contribution in [3.8, 4) is 0 Å². The van der Waals surface area contributed by atoms with Crippen molar-refractivity contribution in [3.05, 3.63) is 15.0 Å². The highest BCUT2D eigenvalue weighted by atomic mass is 79.9. The van der Waals surface area contributed by atoms with Crippen molar-refractivity contribution in [2.45, 2.75) is 33.8 Å². The Labute approximate surface area is 124 Å². The van der Waals surface area contributed by atoms with Crippen LogP contribution in [-0.4, -0.2) is 16.7 Å². The molecule has 0 bridgehead atoms. The second kappa shape index (κ2) is 5.32. The summed E-state index contributed by atoms with van der Waals surface area (Å²) in [4.78, 5) is 28.4. The number of Topliss-reactive ketones (excluding diaryl/α,β-unsaturated/α-hetero) is 1. The third-order valence-corrected chi connectivity index (χ3v) is 5.37. The van der Waals surface area contributed by atoms with E-state index in [4.69, 9.17) is 4.74 Å². The number of carbonyl (C=O) groups excluding carboxylic acids is 2. The molecule has 0 aromatic carbocycles. The lowest BCUT2D eigenvalue weighted by Gasteiger charge is -2.49. The second-order valence-corrected chi connectivity index (χ2v) is 7.85. The normalized spacial score (nSPS) is 24.6. The van der Waals surface area contributed by atoms with Gasteiger partial charge in [-0.15, -0.1) is 11.3 Å². The molecule has 1 aliphatic carbocycles. The molecular formula is C13H16BrNO3S. The summed E-state index contributed by atoms with van der Waals surface area (Å²) in [5.74, 6) is -0.271. The van der Waals surface area contributed by atoms with E-state index in [1.54, 1.807) is 13.1 Å². The Morgan fingerprint density at radius 1 is 1.53 bits per heavy atom. The number of carbonyl (C=O) groups is 2. The van der Waals surface area contributed by atoms with Gasteiger partial charge in [-0.25, -0.2) is 4.98 Å². The molecular weight excluding hydrogens is 330 g/mol. The average molecular weight is 346 g/mol. The molecule has 0 N–H and O–H groups in total. The van der Waals surface area contributed by atoms with Crippen LogP contribution in [-0.2, 0) is 20.9 Å². The zero-order chi connectivity index (χ0) is 14.2. The number of aromatic nitrogens is 1. The lowest BCUT2D eigenvalue weighted by atomic mass is 9.53. The Morgan fingerprint density at radius 3 is 2.68 bits per heavy atom. The van der Waals surface area contributed by atoms with E-state index in [2.05, 4.69) is 20.9 Å². The Morgan fingerprint density at radius 2 is 2.21 bits per heavy atom. The molecule has 0 radical (unpaired) electrons. The van der Waals surface area contributed by atoms with E-state index in [1.807, 2.05) is 13.8 Å². The molecule has 1 aromatic heterocycles. The Hall–Kier alpha value is -0.750. The smallest absolute Gasteiger partial charge is 0.309 e. The van der Waals surface area contributed by atoms with E-state index in [0.717, 1.165) is 8.79 Å². The largest absolute Gasteiger partial charge is 0.460 e. The van der Waals surface area contributed by atoms with Crippen LogP contribution in [0.3, 0.4) is 0 Å². The molecule has 4 nitrogen and oxygen atoms in total. The predicted octanol–water partition coefficient (Wildman–Crippen LogP) is 3.20. The molecule has 6 heteroatoms. The molecule has 0 amide bonds. The van der Waals surface area contributed by atoms with E-state index in [1.165, 1.54) is 11.3 Å². The third kappa shape index (κ3) is 2.89. The summed E-state index contributed by atoms with van der Waals surface area (Å²) in [6.07, 6.45) is 2.29. The number of halogens is 1. The van der Waals surface area contributed by atoms with Crippen molar-refractivity contribution in [3.63, 3.8) is 0 Å². The predicted molar refractivity (Wildman–Crippen MR) is 75.7 cm³/mol. The van der Waals surface area contributed by atoms with Crippen molar-refractivity contribution in [1.29, 1.82) is 0 Å². The lowest BCUT2D eigenvalue weighted by molar-refractivity contribution is -0.169. The maximum Gasteiger partial charge on any atom is 0.309 e. The number of hydrogen-bond acceptors (Lipinski definition) is 5. The van der Waals surface area contributed by atoms with Crippen LogP contribution in [0.4, 0.5) is 0 Å². The first kappa shape index (κ1) is 14.7. The zero-order valence-corrected chi connectivity index (χ0v) is 13.5. The topological polar surface area (TPSA) is 56.3 Å². The summed E-state index contributed by atoms with van der Waals surface area (Å²) < 4.78 is 6.09. The number of hydrogen-bond donors (Lipinski definition) is 0. The minimum Gasteiger partial charge on any atom is -0.460 e. The van der Waals surface area contributed by atoms with Crippen molar-refractivity contribution in [2.24, 2.45) is 17.3 Å². The first-order valence-corrected chi connectivity index (χ1v) is 7.70. The summed E-state index contributed by atoms with van der Waals surface area (Å²) in [7, 11) is 0. The Kier molecular flexibility index (Phi) is 4.11. The monoisotopic (exact) mass is 345 g/mol. The van der Waals surface area contributed by atoms with Gasteiger partial charge in [0.1, 0.15) is 12.4 Å². The van der Waals surface area contributed by atoms with Gasteiger partial charge in [-0.3, -0.25) is 9.59 Å². The summed E-state index contributed by atoms with van der Waals surface area (Å²) in [5, 5.41) is 0. The summed E-state index contributed by atoms with van der Waals surface area (Å²) in [6.45, 7) is 5.75. The maximum absolute atomic E-state index is 12.0. The minimum absolute atomic E-state index is 0.0254. The van der Waals surface area contributed by atoms with Crippen molar-refractivity contribution >= 4 is 39.0 Å². The highest BCUT2D eigenvalue weighted by Crippen LogP contribution is 2.52. The third-order valence-electron chi connectivity index (χ3n) is 3.92. The number of thiazole rings is 1. The van der Waals surface area contributed by atoms with Crippen molar-refractivity contribution in [1.82, 2.24) is 4.98 Å². The molecule has 19 heavy (non-hydrogen) atoms. The first-order valence-electron chi connectivity index (χ1n) is 6.09. The zero-order valence-electron chi connectivity index (χ0n) is 11.1. The lowest BCUT2D eigenvalue weighted by Crippen LogP contribution is -2.52. The number of nitrogens with zero attached hydrogens (tertiary/aromatic N) is 1. The molecule has 2 atom stereocenters. The molecule has 1 aromatic rings. The molecule has 104 valence electrons. The number of rotatable bonds is 4. The molecule has 1 saturated carbocycles. The van der Waals surface area contributed by atoms with E-state index in [0.29, 0.717) is 6.42 Å². The van der Waals surface area contributed by atoms with Crippen LogP contribution in [0.25, 0.3) is 0 Å². The molecule has 0 spiro atoms.